The van der Waals surface area contributed by atoms with E-state index in [1.54, 1.807) is 6.08 Å². The zero-order chi connectivity index (χ0) is 25.6. The number of benzene rings is 1. The van der Waals surface area contributed by atoms with Gasteiger partial charge in [-0.15, -0.1) is 5.73 Å². The molecule has 0 radical (unpaired) electrons. The van der Waals surface area contributed by atoms with Gasteiger partial charge in [-0.05, 0) is 68.2 Å². The maximum atomic E-state index is 12.7. The molecule has 1 heterocycles. The Hall–Kier alpha value is -2.66. The van der Waals surface area contributed by atoms with Gasteiger partial charge in [0.05, 0.1) is 13.7 Å². The van der Waals surface area contributed by atoms with Crippen molar-refractivity contribution in [1.29, 1.82) is 0 Å². The number of ether oxygens (including phenoxy) is 4. The van der Waals surface area contributed by atoms with Crippen molar-refractivity contribution in [1.82, 2.24) is 0 Å². The molecule has 2 unspecified atom stereocenters. The van der Waals surface area contributed by atoms with Crippen molar-refractivity contribution in [2.75, 3.05) is 20.3 Å². The van der Waals surface area contributed by atoms with Gasteiger partial charge in [0.25, 0.3) is 0 Å². The fraction of sp³-hybridized carbons (Fsp3) is 0.567. The van der Waals surface area contributed by atoms with Crippen molar-refractivity contribution in [2.24, 2.45) is 17.8 Å². The minimum Gasteiger partial charge on any atom is -0.493 e. The van der Waals surface area contributed by atoms with Crippen LogP contribution in [0.4, 0.5) is 0 Å². The van der Waals surface area contributed by atoms with E-state index in [9.17, 15) is 9.59 Å². The van der Waals surface area contributed by atoms with Gasteiger partial charge >= 0.3 is 5.97 Å². The average Bonchev–Trinajstić information content (AvgIpc) is 3.22. The van der Waals surface area contributed by atoms with Crippen molar-refractivity contribution in [3.8, 4) is 5.75 Å². The summed E-state index contributed by atoms with van der Waals surface area (Å²) >= 11 is 0. The fourth-order valence-electron chi connectivity index (χ4n) is 4.89. The van der Waals surface area contributed by atoms with Gasteiger partial charge < -0.3 is 18.9 Å². The molecule has 36 heavy (non-hydrogen) atoms. The Bertz CT molecular complexity index is 895. The molecule has 1 saturated heterocycles. The molecule has 1 aromatic carbocycles. The van der Waals surface area contributed by atoms with Gasteiger partial charge in [-0.2, -0.15) is 0 Å². The number of hydrogen-bond acceptors (Lipinski definition) is 6. The number of methoxy groups -OCH3 is 1. The first-order valence-corrected chi connectivity index (χ1v) is 13.2. The quantitative estimate of drug-likeness (QED) is 0.148. The van der Waals surface area contributed by atoms with E-state index in [0.29, 0.717) is 44.2 Å². The van der Waals surface area contributed by atoms with Crippen LogP contribution in [0.2, 0.25) is 0 Å². The number of rotatable bonds is 13. The summed E-state index contributed by atoms with van der Waals surface area (Å²) in [7, 11) is 1.36. The smallest absolute Gasteiger partial charge is 0.335 e. The predicted octanol–water partition coefficient (Wildman–Crippen LogP) is 5.82. The molecular formula is C30H40O6. The molecule has 0 aromatic heterocycles. The second kappa shape index (κ2) is 15.5. The zero-order valence-electron chi connectivity index (χ0n) is 21.6. The first kappa shape index (κ1) is 27.9. The number of carbonyl (C=O) groups is 2. The van der Waals surface area contributed by atoms with Crippen LogP contribution in [0, 0.1) is 17.8 Å². The molecule has 0 bridgehead atoms. The van der Waals surface area contributed by atoms with Crippen LogP contribution in [0.1, 0.15) is 58.3 Å². The van der Waals surface area contributed by atoms with E-state index in [2.05, 4.69) is 24.8 Å². The van der Waals surface area contributed by atoms with E-state index in [-0.39, 0.29) is 18.1 Å². The summed E-state index contributed by atoms with van der Waals surface area (Å²) < 4.78 is 22.1. The van der Waals surface area contributed by atoms with Gasteiger partial charge in [0.2, 0.25) is 0 Å². The number of Topliss-reactive ketones (excluding diaryl/α,β-unsaturated/α-hetero) is 1. The Labute approximate surface area is 215 Å². The summed E-state index contributed by atoms with van der Waals surface area (Å²) in [5, 5.41) is 0. The Balaban J connectivity index is 1.51. The van der Waals surface area contributed by atoms with Crippen LogP contribution in [-0.2, 0) is 23.8 Å². The number of esters is 1. The molecule has 5 atom stereocenters. The highest BCUT2D eigenvalue weighted by molar-refractivity contribution is 5.84. The maximum absolute atomic E-state index is 12.7. The Kier molecular flexibility index (Phi) is 12.0. The van der Waals surface area contributed by atoms with Crippen LogP contribution >= 0.6 is 0 Å². The van der Waals surface area contributed by atoms with E-state index in [1.165, 1.54) is 7.11 Å². The van der Waals surface area contributed by atoms with Crippen LogP contribution in [0.5, 0.6) is 5.75 Å². The van der Waals surface area contributed by atoms with Gasteiger partial charge in [0.1, 0.15) is 11.5 Å². The largest absolute Gasteiger partial charge is 0.493 e. The summed E-state index contributed by atoms with van der Waals surface area (Å²) in [5.74, 6) is 1.34. The molecule has 2 aliphatic rings. The number of para-hydroxylation sites is 1. The molecule has 0 N–H and O–H groups in total. The van der Waals surface area contributed by atoms with Gasteiger partial charge in [-0.3, -0.25) is 4.79 Å². The summed E-state index contributed by atoms with van der Waals surface area (Å²) in [6, 6.07) is 9.79. The highest BCUT2D eigenvalue weighted by Crippen LogP contribution is 2.39. The third kappa shape index (κ3) is 8.77. The second-order valence-corrected chi connectivity index (χ2v) is 9.39. The molecule has 6 heteroatoms. The molecule has 2 fully saturated rings. The van der Waals surface area contributed by atoms with E-state index < -0.39 is 12.1 Å². The van der Waals surface area contributed by atoms with Gasteiger partial charge in [-0.25, -0.2) is 4.79 Å². The minimum absolute atomic E-state index is 0.0366. The zero-order valence-corrected chi connectivity index (χ0v) is 21.6. The van der Waals surface area contributed by atoms with Crippen molar-refractivity contribution in [2.45, 2.75) is 70.7 Å². The van der Waals surface area contributed by atoms with E-state index in [1.807, 2.05) is 36.4 Å². The van der Waals surface area contributed by atoms with Crippen LogP contribution in [0.15, 0.2) is 60.4 Å². The van der Waals surface area contributed by atoms with E-state index in [4.69, 9.17) is 18.9 Å². The monoisotopic (exact) mass is 496 g/mol. The molecule has 0 spiro atoms. The first-order chi connectivity index (χ1) is 17.6. The molecule has 1 aromatic rings. The standard InChI is InChI=1S/C30H40O6/c1-3-23-22-27(31)26(25(23)16-10-12-20-34-24-14-6-4-7-15-24)17-8-5-9-18-28(30(32)33-2)36-29-19-11-13-21-35-29/h4,6-10,14-16,23,25-26,28-29H,3,11-13,17-22H2,1-2H3/b16-10+/t5?,23-,25+,26-,28?,29?/m1/s1. The lowest BCUT2D eigenvalue weighted by Crippen LogP contribution is -2.33. The lowest BCUT2D eigenvalue weighted by atomic mass is 9.85. The maximum Gasteiger partial charge on any atom is 0.335 e. The minimum atomic E-state index is -0.717. The SMILES string of the molecule is CC[C@@H]1CC(=O)[C@H](CC=C=CCC(OC2CCCCO2)C(=O)OC)[C@H]1/C=C/CCOc1ccccc1. The van der Waals surface area contributed by atoms with Crippen molar-refractivity contribution in [3.63, 3.8) is 0 Å². The van der Waals surface area contributed by atoms with Gasteiger partial charge in [0, 0.05) is 25.4 Å². The number of allylic oxidation sites excluding steroid dienone is 1. The Morgan fingerprint density at radius 3 is 2.78 bits per heavy atom. The molecule has 1 aliphatic heterocycles. The fourth-order valence-corrected chi connectivity index (χ4v) is 4.89. The number of carbonyl (C=O) groups excluding carboxylic acids is 2. The van der Waals surface area contributed by atoms with Crippen LogP contribution in [-0.4, -0.2) is 44.5 Å². The molecule has 196 valence electrons. The molecule has 6 nitrogen and oxygen atoms in total. The highest BCUT2D eigenvalue weighted by atomic mass is 16.7. The second-order valence-electron chi connectivity index (χ2n) is 9.39. The van der Waals surface area contributed by atoms with Crippen molar-refractivity contribution < 1.29 is 28.5 Å². The normalized spacial score (nSPS) is 24.8. The van der Waals surface area contributed by atoms with Gasteiger partial charge in [-0.1, -0.05) is 43.7 Å². The predicted molar refractivity (Wildman–Crippen MR) is 138 cm³/mol. The third-order valence-electron chi connectivity index (χ3n) is 6.92. The molecule has 1 saturated carbocycles. The van der Waals surface area contributed by atoms with E-state index >= 15 is 0 Å². The summed E-state index contributed by atoms with van der Waals surface area (Å²) in [6.07, 6.45) is 13.2. The van der Waals surface area contributed by atoms with Crippen LogP contribution < -0.4 is 4.74 Å². The topological polar surface area (TPSA) is 71.1 Å². The van der Waals surface area contributed by atoms with Crippen LogP contribution in [0.3, 0.4) is 0 Å². The number of ketones is 1. The summed E-state index contributed by atoms with van der Waals surface area (Å²) in [4.78, 5) is 24.9. The van der Waals surface area contributed by atoms with E-state index in [0.717, 1.165) is 37.9 Å². The Morgan fingerprint density at radius 1 is 1.22 bits per heavy atom. The first-order valence-electron chi connectivity index (χ1n) is 13.2. The highest BCUT2D eigenvalue weighted by Gasteiger charge is 2.38. The molecular weight excluding hydrogens is 456 g/mol. The lowest BCUT2D eigenvalue weighted by molar-refractivity contribution is -0.201. The van der Waals surface area contributed by atoms with Crippen molar-refractivity contribution >= 4 is 11.8 Å². The molecule has 0 amide bonds. The lowest BCUT2D eigenvalue weighted by Gasteiger charge is -2.25. The summed E-state index contributed by atoms with van der Waals surface area (Å²) in [5.41, 5.74) is 3.15. The third-order valence-corrected chi connectivity index (χ3v) is 6.92. The van der Waals surface area contributed by atoms with Gasteiger partial charge in [0.15, 0.2) is 12.4 Å². The average molecular weight is 497 g/mol. The number of hydrogen-bond donors (Lipinski definition) is 0. The summed E-state index contributed by atoms with van der Waals surface area (Å²) in [6.45, 7) is 3.41. The molecule has 1 aliphatic carbocycles. The molecule has 3 rings (SSSR count). The van der Waals surface area contributed by atoms with Crippen molar-refractivity contribution in [3.05, 3.63) is 60.4 Å². The Morgan fingerprint density at radius 2 is 2.06 bits per heavy atom. The van der Waals surface area contributed by atoms with Crippen LogP contribution in [0.25, 0.3) is 0 Å².